The zero-order valence-electron chi connectivity index (χ0n) is 11.5. The van der Waals surface area contributed by atoms with Gasteiger partial charge in [-0.1, -0.05) is 45.9 Å². The molecule has 0 saturated carbocycles. The first-order valence-corrected chi connectivity index (χ1v) is 8.02. The van der Waals surface area contributed by atoms with Crippen molar-refractivity contribution >= 4 is 39.4 Å². The van der Waals surface area contributed by atoms with Gasteiger partial charge >= 0.3 is 0 Å². The molecule has 2 aromatic rings. The summed E-state index contributed by atoms with van der Waals surface area (Å²) in [5.41, 5.74) is 6.77. The SMILES string of the molecule is CN(Cc1ccccc1Br)C(=O)CSc1nccnc1N. The van der Waals surface area contributed by atoms with Gasteiger partial charge in [0.05, 0.1) is 5.75 Å². The van der Waals surface area contributed by atoms with Crippen LogP contribution in [-0.4, -0.2) is 33.6 Å². The zero-order valence-corrected chi connectivity index (χ0v) is 13.9. The average Bonchev–Trinajstić information content (AvgIpc) is 2.48. The molecule has 0 aliphatic heterocycles. The third-order valence-electron chi connectivity index (χ3n) is 2.81. The van der Waals surface area contributed by atoms with E-state index in [1.807, 2.05) is 24.3 Å². The van der Waals surface area contributed by atoms with Gasteiger partial charge in [-0.05, 0) is 11.6 Å². The van der Waals surface area contributed by atoms with E-state index in [-0.39, 0.29) is 11.7 Å². The molecule has 1 aromatic carbocycles. The lowest BCUT2D eigenvalue weighted by atomic mass is 10.2. The molecule has 0 aliphatic rings. The van der Waals surface area contributed by atoms with E-state index in [1.54, 1.807) is 18.1 Å². The van der Waals surface area contributed by atoms with Crippen LogP contribution in [0.25, 0.3) is 0 Å². The van der Waals surface area contributed by atoms with Crippen LogP contribution in [0.3, 0.4) is 0 Å². The molecule has 0 unspecified atom stereocenters. The van der Waals surface area contributed by atoms with Crippen molar-refractivity contribution in [3.8, 4) is 0 Å². The maximum absolute atomic E-state index is 12.1. The van der Waals surface area contributed by atoms with Crippen LogP contribution >= 0.6 is 27.7 Å². The summed E-state index contributed by atoms with van der Waals surface area (Å²) >= 11 is 4.78. The standard InChI is InChI=1S/C14H15BrN4OS/c1-19(8-10-4-2-3-5-11(10)15)12(20)9-21-14-13(16)17-6-7-18-14/h2-7H,8-9H2,1H3,(H2,16,17). The molecule has 0 spiro atoms. The Morgan fingerprint density at radius 1 is 1.33 bits per heavy atom. The van der Waals surface area contributed by atoms with Crippen LogP contribution in [0.1, 0.15) is 5.56 Å². The Labute approximate surface area is 136 Å². The lowest BCUT2D eigenvalue weighted by Crippen LogP contribution is -2.28. The first-order valence-electron chi connectivity index (χ1n) is 6.24. The smallest absolute Gasteiger partial charge is 0.233 e. The highest BCUT2D eigenvalue weighted by Crippen LogP contribution is 2.21. The van der Waals surface area contributed by atoms with Crippen molar-refractivity contribution in [3.05, 3.63) is 46.7 Å². The van der Waals surface area contributed by atoms with Gasteiger partial charge in [0.2, 0.25) is 5.91 Å². The van der Waals surface area contributed by atoms with Crippen LogP contribution in [0.2, 0.25) is 0 Å². The Morgan fingerprint density at radius 3 is 2.76 bits per heavy atom. The van der Waals surface area contributed by atoms with Gasteiger partial charge in [-0.25, -0.2) is 9.97 Å². The number of carbonyl (C=O) groups excluding carboxylic acids is 1. The maximum Gasteiger partial charge on any atom is 0.233 e. The predicted molar refractivity (Wildman–Crippen MR) is 87.8 cm³/mol. The number of carbonyl (C=O) groups is 1. The molecule has 0 bridgehead atoms. The van der Waals surface area contributed by atoms with Crippen molar-refractivity contribution < 1.29 is 4.79 Å². The number of aromatic nitrogens is 2. The highest BCUT2D eigenvalue weighted by molar-refractivity contribution is 9.10. The minimum atomic E-state index is 0.0146. The molecule has 7 heteroatoms. The van der Waals surface area contributed by atoms with E-state index < -0.39 is 0 Å². The predicted octanol–water partition coefficient (Wildman–Crippen LogP) is 2.57. The largest absolute Gasteiger partial charge is 0.381 e. The summed E-state index contributed by atoms with van der Waals surface area (Å²) in [5.74, 6) is 0.647. The van der Waals surface area contributed by atoms with Crippen molar-refractivity contribution in [2.75, 3.05) is 18.5 Å². The molecular weight excluding hydrogens is 352 g/mol. The Kier molecular flexibility index (Phi) is 5.58. The lowest BCUT2D eigenvalue weighted by Gasteiger charge is -2.18. The quantitative estimate of drug-likeness (QED) is 0.823. The minimum Gasteiger partial charge on any atom is -0.381 e. The molecular formula is C14H15BrN4OS. The number of anilines is 1. The molecule has 5 nitrogen and oxygen atoms in total. The fourth-order valence-electron chi connectivity index (χ4n) is 1.66. The van der Waals surface area contributed by atoms with Crippen LogP contribution in [0, 0.1) is 0 Å². The normalized spacial score (nSPS) is 10.4. The first kappa shape index (κ1) is 15.8. The van der Waals surface area contributed by atoms with Crippen molar-refractivity contribution in [2.24, 2.45) is 0 Å². The molecule has 21 heavy (non-hydrogen) atoms. The molecule has 2 rings (SSSR count). The van der Waals surface area contributed by atoms with Crippen LogP contribution < -0.4 is 5.73 Å². The summed E-state index contributed by atoms with van der Waals surface area (Å²) in [6.45, 7) is 0.552. The summed E-state index contributed by atoms with van der Waals surface area (Å²) in [4.78, 5) is 21.9. The van der Waals surface area contributed by atoms with E-state index in [0.29, 0.717) is 17.4 Å². The molecule has 1 heterocycles. The Hall–Kier alpha value is -1.60. The number of rotatable bonds is 5. The molecule has 0 saturated heterocycles. The number of halogens is 1. The van der Waals surface area contributed by atoms with Gasteiger partial charge in [-0.2, -0.15) is 0 Å². The minimum absolute atomic E-state index is 0.0146. The highest BCUT2D eigenvalue weighted by Gasteiger charge is 2.12. The summed E-state index contributed by atoms with van der Waals surface area (Å²) in [7, 11) is 1.78. The summed E-state index contributed by atoms with van der Waals surface area (Å²) in [5, 5.41) is 0.583. The Balaban J connectivity index is 1.91. The zero-order chi connectivity index (χ0) is 15.2. The van der Waals surface area contributed by atoms with Gasteiger partial charge < -0.3 is 10.6 Å². The van der Waals surface area contributed by atoms with E-state index in [2.05, 4.69) is 25.9 Å². The van der Waals surface area contributed by atoms with Crippen LogP contribution in [0.15, 0.2) is 46.2 Å². The molecule has 1 amide bonds. The van der Waals surface area contributed by atoms with Gasteiger partial charge in [0.15, 0.2) is 5.82 Å². The molecule has 0 fully saturated rings. The van der Waals surface area contributed by atoms with E-state index in [0.717, 1.165) is 10.0 Å². The Bertz CT molecular complexity index is 638. The lowest BCUT2D eigenvalue weighted by molar-refractivity contribution is -0.127. The average molecular weight is 367 g/mol. The number of thioether (sulfide) groups is 1. The molecule has 110 valence electrons. The number of nitrogens with two attached hydrogens (primary N) is 1. The van der Waals surface area contributed by atoms with Gasteiger partial charge in [0.25, 0.3) is 0 Å². The number of nitrogens with zero attached hydrogens (tertiary/aromatic N) is 3. The Morgan fingerprint density at radius 2 is 2.05 bits per heavy atom. The second kappa shape index (κ2) is 7.42. The fraction of sp³-hybridized carbons (Fsp3) is 0.214. The monoisotopic (exact) mass is 366 g/mol. The van der Waals surface area contributed by atoms with Crippen molar-refractivity contribution in [1.82, 2.24) is 14.9 Å². The van der Waals surface area contributed by atoms with E-state index in [4.69, 9.17) is 5.73 Å². The molecule has 1 aromatic heterocycles. The second-order valence-corrected chi connectivity index (χ2v) is 6.20. The first-order chi connectivity index (χ1) is 10.1. The molecule has 2 N–H and O–H groups in total. The van der Waals surface area contributed by atoms with Gasteiger partial charge in [0, 0.05) is 30.5 Å². The number of hydrogen-bond donors (Lipinski definition) is 1. The van der Waals surface area contributed by atoms with Crippen molar-refractivity contribution in [3.63, 3.8) is 0 Å². The number of amides is 1. The van der Waals surface area contributed by atoms with Gasteiger partial charge in [-0.15, -0.1) is 0 Å². The number of hydrogen-bond acceptors (Lipinski definition) is 5. The molecule has 0 atom stereocenters. The number of benzene rings is 1. The van der Waals surface area contributed by atoms with Crippen molar-refractivity contribution in [1.29, 1.82) is 0 Å². The van der Waals surface area contributed by atoms with E-state index in [9.17, 15) is 4.79 Å². The number of nitrogen functional groups attached to an aromatic ring is 1. The van der Waals surface area contributed by atoms with Crippen LogP contribution in [-0.2, 0) is 11.3 Å². The summed E-state index contributed by atoms with van der Waals surface area (Å²) in [6.07, 6.45) is 3.09. The van der Waals surface area contributed by atoms with Gasteiger partial charge in [-0.3, -0.25) is 4.79 Å². The molecule has 0 radical (unpaired) electrons. The second-order valence-electron chi connectivity index (χ2n) is 4.38. The maximum atomic E-state index is 12.1. The van der Waals surface area contributed by atoms with Crippen LogP contribution in [0.5, 0.6) is 0 Å². The van der Waals surface area contributed by atoms with E-state index >= 15 is 0 Å². The van der Waals surface area contributed by atoms with Crippen molar-refractivity contribution in [2.45, 2.75) is 11.6 Å². The summed E-state index contributed by atoms with van der Waals surface area (Å²) in [6, 6.07) is 7.85. The fourth-order valence-corrected chi connectivity index (χ4v) is 2.88. The van der Waals surface area contributed by atoms with Crippen LogP contribution in [0.4, 0.5) is 5.82 Å². The van der Waals surface area contributed by atoms with E-state index in [1.165, 1.54) is 18.0 Å². The summed E-state index contributed by atoms with van der Waals surface area (Å²) < 4.78 is 0.996. The molecule has 0 aliphatic carbocycles. The third-order valence-corrected chi connectivity index (χ3v) is 4.57. The highest BCUT2D eigenvalue weighted by atomic mass is 79.9. The third kappa shape index (κ3) is 4.44. The van der Waals surface area contributed by atoms with Gasteiger partial charge in [0.1, 0.15) is 5.03 Å². The topological polar surface area (TPSA) is 72.1 Å².